The highest BCUT2D eigenvalue weighted by Crippen LogP contribution is 2.38. The molecule has 1 aromatic rings. The summed E-state index contributed by atoms with van der Waals surface area (Å²) in [6.45, 7) is 3.25. The number of nitrogens with zero attached hydrogens (tertiary/aromatic N) is 3. The number of likely N-dealkylation sites (tertiary alicyclic amines) is 1. The van der Waals surface area contributed by atoms with E-state index in [9.17, 15) is 9.18 Å². The number of halogens is 2. The maximum Gasteiger partial charge on any atom is 0.225 e. The number of hydrogen-bond donors (Lipinski definition) is 0. The Bertz CT molecular complexity index is 621. The Kier molecular flexibility index (Phi) is 4.37. The van der Waals surface area contributed by atoms with Crippen LogP contribution < -0.4 is 4.90 Å². The van der Waals surface area contributed by atoms with Gasteiger partial charge in [-0.25, -0.2) is 9.37 Å². The van der Waals surface area contributed by atoms with Crippen LogP contribution in [0.3, 0.4) is 0 Å². The Hall–Kier alpha value is -1.36. The highest BCUT2D eigenvalue weighted by atomic mass is 35.5. The van der Waals surface area contributed by atoms with E-state index in [1.807, 2.05) is 4.90 Å². The second-order valence-electron chi connectivity index (χ2n) is 7.41. The lowest BCUT2D eigenvalue weighted by molar-refractivity contribution is -0.135. The molecule has 1 aliphatic carbocycles. The van der Waals surface area contributed by atoms with Crippen LogP contribution in [0, 0.1) is 23.6 Å². The van der Waals surface area contributed by atoms with Crippen LogP contribution in [0.1, 0.15) is 32.1 Å². The van der Waals surface area contributed by atoms with Gasteiger partial charge in [0.2, 0.25) is 5.91 Å². The van der Waals surface area contributed by atoms with Crippen molar-refractivity contribution in [1.82, 2.24) is 9.88 Å². The summed E-state index contributed by atoms with van der Waals surface area (Å²) < 4.78 is 14.0. The number of amides is 1. The van der Waals surface area contributed by atoms with E-state index in [0.29, 0.717) is 29.8 Å². The van der Waals surface area contributed by atoms with E-state index in [1.54, 1.807) is 0 Å². The molecule has 3 heterocycles. The molecular weight excluding hydrogens is 329 g/mol. The third-order valence-electron chi connectivity index (χ3n) is 5.97. The average molecular weight is 352 g/mol. The first-order valence-corrected chi connectivity index (χ1v) is 9.34. The Morgan fingerprint density at radius 3 is 2.46 bits per heavy atom. The molecule has 3 fully saturated rings. The summed E-state index contributed by atoms with van der Waals surface area (Å²) in [5, 5.41) is 0.306. The molecule has 1 saturated carbocycles. The van der Waals surface area contributed by atoms with Crippen molar-refractivity contribution in [2.75, 3.05) is 31.1 Å². The zero-order valence-electron chi connectivity index (χ0n) is 13.8. The van der Waals surface area contributed by atoms with Crippen LogP contribution in [0.4, 0.5) is 10.2 Å². The monoisotopic (exact) mass is 351 g/mol. The van der Waals surface area contributed by atoms with E-state index in [1.165, 1.54) is 31.5 Å². The lowest BCUT2D eigenvalue weighted by atomic mass is 9.95. The molecule has 2 atom stereocenters. The molecule has 130 valence electrons. The number of pyridine rings is 1. The van der Waals surface area contributed by atoms with Crippen molar-refractivity contribution in [1.29, 1.82) is 0 Å². The number of piperidine rings is 1. The molecule has 4 nitrogen and oxygen atoms in total. The lowest BCUT2D eigenvalue weighted by Crippen LogP contribution is -2.42. The molecule has 2 unspecified atom stereocenters. The fraction of sp³-hybridized carbons (Fsp3) is 0.667. The van der Waals surface area contributed by atoms with E-state index in [-0.39, 0.29) is 11.7 Å². The summed E-state index contributed by atoms with van der Waals surface area (Å²) in [4.78, 5) is 20.9. The minimum atomic E-state index is -0.389. The first-order valence-electron chi connectivity index (χ1n) is 8.96. The number of aromatic nitrogens is 1. The van der Waals surface area contributed by atoms with Crippen LogP contribution >= 0.6 is 11.6 Å². The number of rotatable bonds is 2. The van der Waals surface area contributed by atoms with Gasteiger partial charge >= 0.3 is 0 Å². The number of carbonyl (C=O) groups excluding carboxylic acids is 1. The molecule has 0 aromatic carbocycles. The molecule has 4 rings (SSSR count). The number of hydrogen-bond acceptors (Lipinski definition) is 3. The standard InChI is InChI=1S/C18H23ClFN3O/c19-15-8-16(20)17(21-9-15)22-6-4-12(5-7-22)18(24)23-10-13-2-1-3-14(13)11-23/h8-9,12-14H,1-7,10-11H2. The fourth-order valence-electron chi connectivity index (χ4n) is 4.65. The Morgan fingerprint density at radius 1 is 1.17 bits per heavy atom. The number of fused-ring (bicyclic) bond motifs is 1. The molecule has 0 N–H and O–H groups in total. The zero-order chi connectivity index (χ0) is 16.7. The van der Waals surface area contributed by atoms with Gasteiger partial charge in [-0.1, -0.05) is 18.0 Å². The maximum atomic E-state index is 14.0. The molecule has 6 heteroatoms. The van der Waals surface area contributed by atoms with Crippen LogP contribution in [0.15, 0.2) is 12.3 Å². The molecule has 2 aliphatic heterocycles. The third-order valence-corrected chi connectivity index (χ3v) is 6.18. The Labute approximate surface area is 147 Å². The van der Waals surface area contributed by atoms with Crippen molar-refractivity contribution in [3.63, 3.8) is 0 Å². The molecule has 1 amide bonds. The molecule has 1 aromatic heterocycles. The minimum absolute atomic E-state index is 0.0791. The molecule has 0 radical (unpaired) electrons. The summed E-state index contributed by atoms with van der Waals surface area (Å²) >= 11 is 5.76. The predicted octanol–water partition coefficient (Wildman–Crippen LogP) is 3.35. The second-order valence-corrected chi connectivity index (χ2v) is 7.85. The van der Waals surface area contributed by atoms with Crippen molar-refractivity contribution in [2.24, 2.45) is 17.8 Å². The Morgan fingerprint density at radius 2 is 1.83 bits per heavy atom. The number of carbonyl (C=O) groups is 1. The van der Waals surface area contributed by atoms with Gasteiger partial charge in [-0.2, -0.15) is 0 Å². The molecule has 3 aliphatic rings. The van der Waals surface area contributed by atoms with Gasteiger partial charge in [-0.3, -0.25) is 4.79 Å². The molecular formula is C18H23ClFN3O. The summed E-state index contributed by atoms with van der Waals surface area (Å²) in [5.41, 5.74) is 0. The highest BCUT2D eigenvalue weighted by molar-refractivity contribution is 6.30. The first-order chi connectivity index (χ1) is 11.6. The Balaban J connectivity index is 1.35. The van der Waals surface area contributed by atoms with Gasteiger partial charge in [0, 0.05) is 38.3 Å². The maximum absolute atomic E-state index is 14.0. The summed E-state index contributed by atoms with van der Waals surface area (Å²) in [6.07, 6.45) is 6.92. The van der Waals surface area contributed by atoms with Crippen molar-refractivity contribution >= 4 is 23.3 Å². The van der Waals surface area contributed by atoms with E-state index < -0.39 is 0 Å². The van der Waals surface area contributed by atoms with Gasteiger partial charge in [0.1, 0.15) is 0 Å². The highest BCUT2D eigenvalue weighted by Gasteiger charge is 2.40. The minimum Gasteiger partial charge on any atom is -0.354 e. The summed E-state index contributed by atoms with van der Waals surface area (Å²) in [7, 11) is 0. The van der Waals surface area contributed by atoms with Crippen molar-refractivity contribution in [3.8, 4) is 0 Å². The third kappa shape index (κ3) is 2.99. The predicted molar refractivity (Wildman–Crippen MR) is 91.6 cm³/mol. The SMILES string of the molecule is O=C(C1CCN(c2ncc(Cl)cc2F)CC1)N1CC2CCCC2C1. The van der Waals surface area contributed by atoms with E-state index in [4.69, 9.17) is 11.6 Å². The molecule has 2 saturated heterocycles. The molecule has 24 heavy (non-hydrogen) atoms. The first kappa shape index (κ1) is 16.1. The van der Waals surface area contributed by atoms with Gasteiger partial charge in [0.05, 0.1) is 5.02 Å². The fourth-order valence-corrected chi connectivity index (χ4v) is 4.80. The van der Waals surface area contributed by atoms with Gasteiger partial charge in [0.15, 0.2) is 11.6 Å². The quantitative estimate of drug-likeness (QED) is 0.819. The van der Waals surface area contributed by atoms with Crippen molar-refractivity contribution in [3.05, 3.63) is 23.1 Å². The van der Waals surface area contributed by atoms with Gasteiger partial charge in [-0.15, -0.1) is 0 Å². The van der Waals surface area contributed by atoms with Crippen LogP contribution in [0.2, 0.25) is 5.02 Å². The summed E-state index contributed by atoms with van der Waals surface area (Å²) in [6, 6.07) is 1.30. The van der Waals surface area contributed by atoms with E-state index in [0.717, 1.165) is 37.8 Å². The van der Waals surface area contributed by atoms with Crippen LogP contribution in [0.25, 0.3) is 0 Å². The van der Waals surface area contributed by atoms with Crippen molar-refractivity contribution in [2.45, 2.75) is 32.1 Å². The van der Waals surface area contributed by atoms with Crippen LogP contribution in [-0.2, 0) is 4.79 Å². The molecule has 0 spiro atoms. The van der Waals surface area contributed by atoms with Crippen LogP contribution in [0.5, 0.6) is 0 Å². The largest absolute Gasteiger partial charge is 0.354 e. The van der Waals surface area contributed by atoms with E-state index in [2.05, 4.69) is 9.88 Å². The molecule has 0 bridgehead atoms. The second kappa shape index (κ2) is 6.51. The van der Waals surface area contributed by atoms with Gasteiger partial charge in [-0.05, 0) is 43.6 Å². The van der Waals surface area contributed by atoms with Gasteiger partial charge in [0.25, 0.3) is 0 Å². The van der Waals surface area contributed by atoms with Crippen LogP contribution in [-0.4, -0.2) is 42.0 Å². The topological polar surface area (TPSA) is 36.4 Å². The summed E-state index contributed by atoms with van der Waals surface area (Å²) in [5.74, 6) is 1.83. The zero-order valence-corrected chi connectivity index (χ0v) is 14.5. The lowest BCUT2D eigenvalue weighted by Gasteiger charge is -2.34. The smallest absolute Gasteiger partial charge is 0.225 e. The normalized spacial score (nSPS) is 27.6. The average Bonchev–Trinajstić information content (AvgIpc) is 3.16. The van der Waals surface area contributed by atoms with E-state index >= 15 is 0 Å². The van der Waals surface area contributed by atoms with Gasteiger partial charge < -0.3 is 9.80 Å². The van der Waals surface area contributed by atoms with Crippen molar-refractivity contribution < 1.29 is 9.18 Å². The number of anilines is 1.